The number of fused-ring (bicyclic) bond motifs is 1. The number of hydrogen-bond donors (Lipinski definition) is 1. The molecule has 9 heteroatoms. The van der Waals surface area contributed by atoms with Crippen LogP contribution < -0.4 is 15.5 Å². The Labute approximate surface area is 196 Å². The molecule has 0 aliphatic carbocycles. The first-order chi connectivity index (χ1) is 15.3. The highest BCUT2D eigenvalue weighted by Crippen LogP contribution is 2.46. The Balaban J connectivity index is 1.39. The van der Waals surface area contributed by atoms with Crippen molar-refractivity contribution in [1.29, 1.82) is 0 Å². The number of carbonyl (C=O) groups is 1. The van der Waals surface area contributed by atoms with E-state index in [-0.39, 0.29) is 23.6 Å². The molecule has 4 rings (SSSR count). The number of benzene rings is 2. The molecule has 0 spiro atoms. The molecule has 0 amide bonds. The molecule has 1 aromatic heterocycles. The third-order valence-electron chi connectivity index (χ3n) is 5.50. The van der Waals surface area contributed by atoms with E-state index in [0.29, 0.717) is 21.8 Å². The van der Waals surface area contributed by atoms with Crippen LogP contribution in [0.15, 0.2) is 65.5 Å². The minimum Gasteiger partial charge on any atom is -0.486 e. The van der Waals surface area contributed by atoms with Crippen LogP contribution in [0.4, 0.5) is 5.69 Å². The lowest BCUT2D eigenvalue weighted by Crippen LogP contribution is -2.24. The van der Waals surface area contributed by atoms with Gasteiger partial charge >= 0.3 is 0 Å². The number of halogens is 1. The number of thioether (sulfide) groups is 1. The van der Waals surface area contributed by atoms with Gasteiger partial charge in [-0.2, -0.15) is 0 Å². The van der Waals surface area contributed by atoms with E-state index in [1.54, 1.807) is 30.3 Å². The Kier molecular flexibility index (Phi) is 6.17. The molecule has 0 radical (unpaired) electrons. The van der Waals surface area contributed by atoms with Crippen LogP contribution in [-0.4, -0.2) is 33.5 Å². The Hall–Kier alpha value is -2.97. The maximum atomic E-state index is 12.8. The number of nitrogens with two attached hydrogens (primary N) is 1. The lowest BCUT2D eigenvalue weighted by atomic mass is 9.83. The van der Waals surface area contributed by atoms with Gasteiger partial charge in [0.15, 0.2) is 11.6 Å². The number of ketones is 1. The number of nitrogens with zero attached hydrogens (tertiary/aromatic N) is 4. The van der Waals surface area contributed by atoms with Crippen LogP contribution in [-0.2, 0) is 16.8 Å². The molecule has 32 heavy (non-hydrogen) atoms. The summed E-state index contributed by atoms with van der Waals surface area (Å²) in [6.45, 7) is 4.41. The predicted octanol–water partition coefficient (Wildman–Crippen LogP) is 4.20. The molecular formula is C23H24ClN5O2S. The molecule has 7 nitrogen and oxygen atoms in total. The summed E-state index contributed by atoms with van der Waals surface area (Å²) in [6.07, 6.45) is 1.72. The molecule has 0 bridgehead atoms. The van der Waals surface area contributed by atoms with Crippen LogP contribution in [0, 0.1) is 0 Å². The van der Waals surface area contributed by atoms with Gasteiger partial charge in [-0.25, -0.2) is 4.68 Å². The molecule has 166 valence electrons. The van der Waals surface area contributed by atoms with Crippen LogP contribution in [0.3, 0.4) is 0 Å². The predicted molar refractivity (Wildman–Crippen MR) is 128 cm³/mol. The van der Waals surface area contributed by atoms with E-state index in [4.69, 9.17) is 22.2 Å². The molecule has 2 aromatic carbocycles. The van der Waals surface area contributed by atoms with E-state index in [1.165, 1.54) is 22.0 Å². The quantitative estimate of drug-likeness (QED) is 0.315. The van der Waals surface area contributed by atoms with Crippen molar-refractivity contribution in [2.45, 2.75) is 31.0 Å². The van der Waals surface area contributed by atoms with E-state index in [9.17, 15) is 4.79 Å². The highest BCUT2D eigenvalue weighted by molar-refractivity contribution is 7.99. The van der Waals surface area contributed by atoms with Crippen LogP contribution in [0.5, 0.6) is 5.75 Å². The summed E-state index contributed by atoms with van der Waals surface area (Å²) in [4.78, 5) is 14.8. The average Bonchev–Trinajstić information content (AvgIpc) is 3.22. The lowest BCUT2D eigenvalue weighted by molar-refractivity contribution is -0.112. The summed E-state index contributed by atoms with van der Waals surface area (Å²) in [5.41, 5.74) is 3.05. The molecule has 3 aromatic rings. The topological polar surface area (TPSA) is 86.3 Å². The molecule has 0 fully saturated rings. The van der Waals surface area contributed by atoms with Gasteiger partial charge in [-0.05, 0) is 35.9 Å². The SMILES string of the molecule is CN1C(=CC(=O)CSc2nnc(COc3ccc(Cl)cc3)n2N)C(C)(C)c2ccccc21. The van der Waals surface area contributed by atoms with Gasteiger partial charge in [0, 0.05) is 34.9 Å². The van der Waals surface area contributed by atoms with Crippen LogP contribution in [0.25, 0.3) is 0 Å². The molecule has 0 saturated heterocycles. The smallest absolute Gasteiger partial charge is 0.210 e. The van der Waals surface area contributed by atoms with Gasteiger partial charge in [-0.3, -0.25) is 4.79 Å². The Morgan fingerprint density at radius 3 is 2.62 bits per heavy atom. The third kappa shape index (κ3) is 4.33. The largest absolute Gasteiger partial charge is 0.486 e. The van der Waals surface area contributed by atoms with Crippen LogP contribution in [0.1, 0.15) is 25.2 Å². The highest BCUT2D eigenvalue weighted by atomic mass is 35.5. The maximum Gasteiger partial charge on any atom is 0.210 e. The second-order valence-electron chi connectivity index (χ2n) is 8.00. The summed E-state index contributed by atoms with van der Waals surface area (Å²) in [6, 6.07) is 15.2. The zero-order valence-electron chi connectivity index (χ0n) is 18.1. The average molecular weight is 470 g/mol. The number of aromatic nitrogens is 3. The second-order valence-corrected chi connectivity index (χ2v) is 9.38. The minimum atomic E-state index is -0.244. The van der Waals surface area contributed by atoms with Gasteiger partial charge in [0.1, 0.15) is 12.4 Å². The molecule has 0 unspecified atom stereocenters. The zero-order valence-corrected chi connectivity index (χ0v) is 19.7. The number of likely N-dealkylation sites (N-methyl/N-ethyl adjacent to an activating group) is 1. The van der Waals surface area contributed by atoms with Crippen molar-refractivity contribution in [3.8, 4) is 5.75 Å². The number of para-hydroxylation sites is 1. The summed E-state index contributed by atoms with van der Waals surface area (Å²) < 4.78 is 7.02. The summed E-state index contributed by atoms with van der Waals surface area (Å²) in [5, 5.41) is 9.25. The summed E-state index contributed by atoms with van der Waals surface area (Å²) >= 11 is 7.13. The molecule has 2 N–H and O–H groups in total. The normalized spacial score (nSPS) is 15.8. The Morgan fingerprint density at radius 2 is 1.91 bits per heavy atom. The molecule has 2 heterocycles. The Bertz CT molecular complexity index is 1170. The van der Waals surface area contributed by atoms with Crippen molar-refractivity contribution in [3.05, 3.63) is 76.7 Å². The number of carbonyl (C=O) groups excluding carboxylic acids is 1. The number of nitrogen functional groups attached to an aromatic ring is 1. The molecule has 0 saturated carbocycles. The summed E-state index contributed by atoms with van der Waals surface area (Å²) in [7, 11) is 1.99. The molecule has 1 aliphatic heterocycles. The van der Waals surface area contributed by atoms with Crippen molar-refractivity contribution in [3.63, 3.8) is 0 Å². The fourth-order valence-corrected chi connectivity index (χ4v) is 4.60. The first kappa shape index (κ1) is 22.2. The van der Waals surface area contributed by atoms with Crippen LogP contribution >= 0.6 is 23.4 Å². The monoisotopic (exact) mass is 469 g/mol. The second kappa shape index (κ2) is 8.88. The van der Waals surface area contributed by atoms with Gasteiger partial charge in [-0.1, -0.05) is 55.4 Å². The zero-order chi connectivity index (χ0) is 22.9. The van der Waals surface area contributed by atoms with Crippen molar-refractivity contribution in [2.75, 3.05) is 23.5 Å². The van der Waals surface area contributed by atoms with Gasteiger partial charge in [0.2, 0.25) is 5.16 Å². The van der Waals surface area contributed by atoms with E-state index < -0.39 is 0 Å². The number of anilines is 1. The van der Waals surface area contributed by atoms with Gasteiger partial charge in [0.05, 0.1) is 5.75 Å². The Morgan fingerprint density at radius 1 is 1.19 bits per heavy atom. The molecular weight excluding hydrogens is 446 g/mol. The van der Waals surface area contributed by atoms with Gasteiger partial charge in [-0.15, -0.1) is 10.2 Å². The van der Waals surface area contributed by atoms with Crippen LogP contribution in [0.2, 0.25) is 5.02 Å². The molecule has 0 atom stereocenters. The van der Waals surface area contributed by atoms with E-state index in [1.807, 2.05) is 19.2 Å². The van der Waals surface area contributed by atoms with Crippen molar-refractivity contribution >= 4 is 34.8 Å². The lowest BCUT2D eigenvalue weighted by Gasteiger charge is -2.23. The fraction of sp³-hybridized carbons (Fsp3) is 0.261. The van der Waals surface area contributed by atoms with E-state index in [2.05, 4.69) is 41.1 Å². The van der Waals surface area contributed by atoms with Crippen molar-refractivity contribution in [2.24, 2.45) is 0 Å². The first-order valence-corrected chi connectivity index (χ1v) is 11.4. The minimum absolute atomic E-state index is 0.0142. The highest BCUT2D eigenvalue weighted by Gasteiger charge is 2.38. The number of hydrogen-bond acceptors (Lipinski definition) is 7. The number of ether oxygens (including phenoxy) is 1. The van der Waals surface area contributed by atoms with Gasteiger partial charge in [0.25, 0.3) is 0 Å². The van der Waals surface area contributed by atoms with E-state index in [0.717, 1.165) is 11.4 Å². The first-order valence-electron chi connectivity index (χ1n) is 10.1. The number of allylic oxidation sites excluding steroid dienone is 2. The fourth-order valence-electron chi connectivity index (χ4n) is 3.77. The summed E-state index contributed by atoms with van der Waals surface area (Å²) in [5.74, 6) is 7.40. The molecule has 1 aliphatic rings. The number of rotatable bonds is 7. The van der Waals surface area contributed by atoms with Crippen molar-refractivity contribution < 1.29 is 9.53 Å². The van der Waals surface area contributed by atoms with Gasteiger partial charge < -0.3 is 15.5 Å². The maximum absolute atomic E-state index is 12.8. The standard InChI is InChI=1S/C23H24ClN5O2S/c1-23(2)18-6-4-5-7-19(18)28(3)20(23)12-16(30)14-32-22-27-26-21(29(22)25)13-31-17-10-8-15(24)9-11-17/h4-12H,13-14,25H2,1-3H3. The third-order valence-corrected chi connectivity index (χ3v) is 6.72. The van der Waals surface area contributed by atoms with E-state index >= 15 is 0 Å². The van der Waals surface area contributed by atoms with Crippen molar-refractivity contribution in [1.82, 2.24) is 14.9 Å².